The van der Waals surface area contributed by atoms with Gasteiger partial charge in [0.25, 0.3) is 5.91 Å². The van der Waals surface area contributed by atoms with Crippen LogP contribution in [0.25, 0.3) is 0 Å². The molecule has 0 atom stereocenters. The number of nitrogens with one attached hydrogen (secondary N) is 1. The van der Waals surface area contributed by atoms with Crippen LogP contribution in [0.1, 0.15) is 16.8 Å². The summed E-state index contributed by atoms with van der Waals surface area (Å²) in [5.41, 5.74) is -0.104. The van der Waals surface area contributed by atoms with Gasteiger partial charge in [0.05, 0.1) is 13.5 Å². The van der Waals surface area contributed by atoms with E-state index in [1.807, 2.05) is 0 Å². The van der Waals surface area contributed by atoms with E-state index in [0.717, 1.165) is 0 Å². The number of aromatic nitrogens is 1. The van der Waals surface area contributed by atoms with Crippen LogP contribution in [0, 0.1) is 0 Å². The van der Waals surface area contributed by atoms with Gasteiger partial charge in [-0.15, -0.1) is 0 Å². The van der Waals surface area contributed by atoms with Crippen molar-refractivity contribution in [2.24, 2.45) is 0 Å². The number of carbonyl (C=O) groups is 2. The van der Waals surface area contributed by atoms with Gasteiger partial charge < -0.3 is 14.6 Å². The summed E-state index contributed by atoms with van der Waals surface area (Å²) in [5.74, 6) is -0.478. The van der Waals surface area contributed by atoms with Gasteiger partial charge in [0, 0.05) is 51.2 Å². The highest BCUT2D eigenvalue weighted by atomic mass is 16.5. The van der Waals surface area contributed by atoms with Crippen molar-refractivity contribution in [3.8, 4) is 0 Å². The van der Waals surface area contributed by atoms with Gasteiger partial charge in [0.15, 0.2) is 5.43 Å². The summed E-state index contributed by atoms with van der Waals surface area (Å²) in [4.78, 5) is 41.5. The van der Waals surface area contributed by atoms with E-state index in [1.165, 1.54) is 25.6 Å². The second-order valence-corrected chi connectivity index (χ2v) is 4.88. The Morgan fingerprint density at radius 3 is 2.62 bits per heavy atom. The zero-order chi connectivity index (χ0) is 15.2. The number of ether oxygens (including phenoxy) is 1. The summed E-state index contributed by atoms with van der Waals surface area (Å²) in [5, 5.41) is 0. The van der Waals surface area contributed by atoms with E-state index in [9.17, 15) is 14.4 Å². The summed E-state index contributed by atoms with van der Waals surface area (Å²) in [7, 11) is 1.37. The molecule has 7 heteroatoms. The number of nitrogens with zero attached hydrogens (tertiary/aromatic N) is 2. The average molecular weight is 293 g/mol. The maximum absolute atomic E-state index is 12.3. The third-order valence-electron chi connectivity index (χ3n) is 3.57. The first-order valence-electron chi connectivity index (χ1n) is 6.87. The average Bonchev–Trinajstić information content (AvgIpc) is 2.53. The van der Waals surface area contributed by atoms with Crippen molar-refractivity contribution in [3.05, 3.63) is 34.2 Å². The number of carbonyl (C=O) groups excluding carboxylic acids is 2. The van der Waals surface area contributed by atoms with Crippen LogP contribution in [0.3, 0.4) is 0 Å². The second-order valence-electron chi connectivity index (χ2n) is 4.88. The van der Waals surface area contributed by atoms with Gasteiger partial charge in [-0.3, -0.25) is 19.3 Å². The molecular weight excluding hydrogens is 274 g/mol. The van der Waals surface area contributed by atoms with Crippen LogP contribution in [0.4, 0.5) is 0 Å². The molecule has 0 spiro atoms. The SMILES string of the molecule is COC(=O)CCN1CCN(C(=O)c2c[nH]ccc2=O)CC1. The second kappa shape index (κ2) is 7.03. The lowest BCUT2D eigenvalue weighted by Crippen LogP contribution is -2.49. The van der Waals surface area contributed by atoms with Gasteiger partial charge in [0.1, 0.15) is 5.56 Å². The van der Waals surface area contributed by atoms with Crippen molar-refractivity contribution in [3.63, 3.8) is 0 Å². The number of methoxy groups -OCH3 is 1. The van der Waals surface area contributed by atoms with Crippen molar-refractivity contribution in [1.29, 1.82) is 0 Å². The third kappa shape index (κ3) is 3.91. The van der Waals surface area contributed by atoms with Gasteiger partial charge >= 0.3 is 5.97 Å². The number of amides is 1. The minimum Gasteiger partial charge on any atom is -0.469 e. The maximum Gasteiger partial charge on any atom is 0.306 e. The van der Waals surface area contributed by atoms with Crippen molar-refractivity contribution >= 4 is 11.9 Å². The van der Waals surface area contributed by atoms with E-state index >= 15 is 0 Å². The summed E-state index contributed by atoms with van der Waals surface area (Å²) in [6, 6.07) is 1.35. The van der Waals surface area contributed by atoms with Crippen molar-refractivity contribution in [2.75, 3.05) is 39.8 Å². The number of esters is 1. The highest BCUT2D eigenvalue weighted by molar-refractivity contribution is 5.93. The number of aromatic amines is 1. The predicted octanol–water partition coefficient (Wildman–Crippen LogP) is -0.304. The molecule has 1 amide bonds. The van der Waals surface area contributed by atoms with Crippen LogP contribution in [0.5, 0.6) is 0 Å². The summed E-state index contributed by atoms with van der Waals surface area (Å²) < 4.78 is 4.60. The molecule has 1 aliphatic rings. The number of hydrogen-bond donors (Lipinski definition) is 1. The molecule has 1 aromatic rings. The Labute approximate surface area is 122 Å². The Kier molecular flexibility index (Phi) is 5.10. The molecule has 1 N–H and O–H groups in total. The number of pyridine rings is 1. The quantitative estimate of drug-likeness (QED) is 0.770. The van der Waals surface area contributed by atoms with E-state index in [1.54, 1.807) is 4.90 Å². The normalized spacial score (nSPS) is 15.8. The van der Waals surface area contributed by atoms with Crippen LogP contribution >= 0.6 is 0 Å². The summed E-state index contributed by atoms with van der Waals surface area (Å²) in [6.45, 7) is 3.10. The first kappa shape index (κ1) is 15.2. The van der Waals surface area contributed by atoms with Gasteiger partial charge in [-0.25, -0.2) is 0 Å². The lowest BCUT2D eigenvalue weighted by atomic mass is 10.2. The molecule has 0 aromatic carbocycles. The van der Waals surface area contributed by atoms with Gasteiger partial charge in [-0.05, 0) is 0 Å². The first-order chi connectivity index (χ1) is 10.1. The molecule has 2 heterocycles. The molecule has 1 aromatic heterocycles. The molecular formula is C14H19N3O4. The van der Waals surface area contributed by atoms with Crippen molar-refractivity contribution in [1.82, 2.24) is 14.8 Å². The Morgan fingerprint density at radius 1 is 1.29 bits per heavy atom. The monoisotopic (exact) mass is 293 g/mol. The Morgan fingerprint density at radius 2 is 2.00 bits per heavy atom. The Hall–Kier alpha value is -2.15. The van der Waals surface area contributed by atoms with E-state index < -0.39 is 0 Å². The maximum atomic E-state index is 12.3. The smallest absolute Gasteiger partial charge is 0.306 e. The van der Waals surface area contributed by atoms with Crippen molar-refractivity contribution < 1.29 is 14.3 Å². The van der Waals surface area contributed by atoms with Crippen LogP contribution in [-0.4, -0.2) is 66.5 Å². The van der Waals surface area contributed by atoms with E-state index in [0.29, 0.717) is 39.1 Å². The molecule has 114 valence electrons. The van der Waals surface area contributed by atoms with Gasteiger partial charge in [0.2, 0.25) is 0 Å². The molecule has 1 saturated heterocycles. The number of H-pyrrole nitrogens is 1. The fraction of sp³-hybridized carbons (Fsp3) is 0.500. The highest BCUT2D eigenvalue weighted by Crippen LogP contribution is 2.06. The summed E-state index contributed by atoms with van der Waals surface area (Å²) in [6.07, 6.45) is 3.29. The molecule has 7 nitrogen and oxygen atoms in total. The summed E-state index contributed by atoms with van der Waals surface area (Å²) >= 11 is 0. The highest BCUT2D eigenvalue weighted by Gasteiger charge is 2.23. The standard InChI is InChI=1S/C14H19N3O4/c1-21-13(19)3-5-16-6-8-17(9-7-16)14(20)11-10-15-4-2-12(11)18/h2,4,10H,3,5-9H2,1H3,(H,15,18). The Bertz CT molecular complexity index is 561. The molecule has 0 aliphatic carbocycles. The van der Waals surface area contributed by atoms with E-state index in [4.69, 9.17) is 0 Å². The van der Waals surface area contributed by atoms with E-state index in [-0.39, 0.29) is 22.9 Å². The third-order valence-corrected chi connectivity index (χ3v) is 3.57. The molecule has 0 bridgehead atoms. The fourth-order valence-electron chi connectivity index (χ4n) is 2.28. The van der Waals surface area contributed by atoms with Gasteiger partial charge in [-0.2, -0.15) is 0 Å². The number of rotatable bonds is 4. The molecule has 0 radical (unpaired) electrons. The minimum atomic E-state index is -0.271. The zero-order valence-electron chi connectivity index (χ0n) is 12.0. The molecule has 21 heavy (non-hydrogen) atoms. The molecule has 0 unspecified atom stereocenters. The fourth-order valence-corrected chi connectivity index (χ4v) is 2.28. The first-order valence-corrected chi connectivity index (χ1v) is 6.87. The lowest BCUT2D eigenvalue weighted by molar-refractivity contribution is -0.141. The molecule has 1 fully saturated rings. The van der Waals surface area contributed by atoms with Crippen LogP contribution < -0.4 is 5.43 Å². The number of hydrogen-bond acceptors (Lipinski definition) is 5. The predicted molar refractivity (Wildman–Crippen MR) is 76.0 cm³/mol. The molecule has 1 aliphatic heterocycles. The van der Waals surface area contributed by atoms with Crippen LogP contribution in [-0.2, 0) is 9.53 Å². The lowest BCUT2D eigenvalue weighted by Gasteiger charge is -2.34. The minimum absolute atomic E-state index is 0.167. The molecule has 0 saturated carbocycles. The van der Waals surface area contributed by atoms with Crippen molar-refractivity contribution in [2.45, 2.75) is 6.42 Å². The topological polar surface area (TPSA) is 82.7 Å². The van der Waals surface area contributed by atoms with Crippen LogP contribution in [0.15, 0.2) is 23.3 Å². The van der Waals surface area contributed by atoms with E-state index in [2.05, 4.69) is 14.6 Å². The van der Waals surface area contributed by atoms with Gasteiger partial charge in [-0.1, -0.05) is 0 Å². The zero-order valence-corrected chi connectivity index (χ0v) is 12.0. The molecule has 2 rings (SSSR count). The van der Waals surface area contributed by atoms with Crippen LogP contribution in [0.2, 0.25) is 0 Å². The number of piperazine rings is 1. The largest absolute Gasteiger partial charge is 0.469 e. The Balaban J connectivity index is 1.86.